The van der Waals surface area contributed by atoms with Gasteiger partial charge in [0, 0.05) is 11.1 Å². The molecule has 0 atom stereocenters. The summed E-state index contributed by atoms with van der Waals surface area (Å²) < 4.78 is 115. The summed E-state index contributed by atoms with van der Waals surface area (Å²) in [5.74, 6) is -4.79. The van der Waals surface area contributed by atoms with E-state index in [1.54, 1.807) is 0 Å². The number of rotatable bonds is 10. The van der Waals surface area contributed by atoms with E-state index < -0.39 is 114 Å². The van der Waals surface area contributed by atoms with E-state index in [9.17, 15) is 63.4 Å². The van der Waals surface area contributed by atoms with Gasteiger partial charge in [0.2, 0.25) is 11.9 Å². The molecule has 4 aromatic carbocycles. The van der Waals surface area contributed by atoms with E-state index in [4.69, 9.17) is 0 Å². The van der Waals surface area contributed by atoms with Crippen molar-refractivity contribution in [3.63, 3.8) is 0 Å². The van der Waals surface area contributed by atoms with Crippen molar-refractivity contribution < 1.29 is 63.4 Å². The van der Waals surface area contributed by atoms with E-state index in [2.05, 4.69) is 35.8 Å². The third-order valence-electron chi connectivity index (χ3n) is 6.40. The highest BCUT2D eigenvalue weighted by atomic mass is 32.2. The van der Waals surface area contributed by atoms with E-state index >= 15 is 0 Å². The van der Waals surface area contributed by atoms with Gasteiger partial charge in [0.1, 0.15) is 22.1 Å². The Balaban J connectivity index is 1.69. The Morgan fingerprint density at radius 2 is 1.40 bits per heavy atom. The lowest BCUT2D eigenvalue weighted by atomic mass is 10.1. The molecule has 0 amide bonds. The van der Waals surface area contributed by atoms with Gasteiger partial charge in [-0.1, -0.05) is 6.07 Å². The number of fused-ring (bicyclic) bond motifs is 1. The van der Waals surface area contributed by atoms with Crippen molar-refractivity contribution >= 4 is 81.7 Å². The van der Waals surface area contributed by atoms with Crippen LogP contribution in [0.5, 0.6) is 11.8 Å². The lowest BCUT2D eigenvalue weighted by Crippen LogP contribution is -2.06. The van der Waals surface area contributed by atoms with Crippen molar-refractivity contribution in [2.75, 3.05) is 10.6 Å². The molecule has 1 heterocycles. The Bertz CT molecular complexity index is 2600. The summed E-state index contributed by atoms with van der Waals surface area (Å²) in [6.07, 6.45) is 0. The normalized spacial score (nSPS) is 12.3. The number of carboxylic acids is 1. The second kappa shape index (κ2) is 12.8. The summed E-state index contributed by atoms with van der Waals surface area (Å²) in [5.41, 5.74) is -2.76. The number of aromatic hydroxyl groups is 2. The van der Waals surface area contributed by atoms with Gasteiger partial charge in [-0.2, -0.15) is 40.2 Å². The van der Waals surface area contributed by atoms with Gasteiger partial charge in [0.05, 0.1) is 21.0 Å². The number of hydrogen-bond donors (Lipinski definition) is 8. The Labute approximate surface area is 278 Å². The minimum absolute atomic E-state index is 0.00639. The minimum atomic E-state index is -5.31. The minimum Gasteiger partial charge on any atom is -0.505 e. The molecule has 0 radical (unpaired) electrons. The van der Waals surface area contributed by atoms with Crippen LogP contribution in [0.3, 0.4) is 0 Å². The van der Waals surface area contributed by atoms with Crippen LogP contribution in [0.1, 0.15) is 10.4 Å². The lowest BCUT2D eigenvalue weighted by molar-refractivity contribution is 0.0697. The van der Waals surface area contributed by atoms with E-state index in [1.165, 1.54) is 12.1 Å². The molecule has 0 aliphatic carbocycles. The van der Waals surface area contributed by atoms with Gasteiger partial charge in [-0.15, -0.1) is 10.2 Å². The second-order valence-corrected chi connectivity index (χ2v) is 14.0. The van der Waals surface area contributed by atoms with E-state index in [0.29, 0.717) is 18.2 Å². The number of phenolic OH excluding ortho intramolecular Hbond substituents is 1. The maximum absolute atomic E-state index is 13.7. The predicted molar refractivity (Wildman–Crippen MR) is 167 cm³/mol. The van der Waals surface area contributed by atoms with Gasteiger partial charge in [0.15, 0.2) is 5.75 Å². The maximum Gasteiger partial charge on any atom is 0.338 e. The van der Waals surface area contributed by atoms with Crippen LogP contribution in [-0.4, -0.2) is 75.2 Å². The smallest absolute Gasteiger partial charge is 0.338 e. The third-order valence-corrected chi connectivity index (χ3v) is 8.95. The fraction of sp³-hybridized carbons (Fsp3) is 0. The van der Waals surface area contributed by atoms with Crippen LogP contribution in [0.2, 0.25) is 0 Å². The van der Waals surface area contributed by atoms with Crippen molar-refractivity contribution in [1.29, 1.82) is 0 Å². The van der Waals surface area contributed by atoms with Gasteiger partial charge in [-0.05, 0) is 60.0 Å². The molecule has 20 nitrogen and oxygen atoms in total. The average Bonchev–Trinajstić information content (AvgIpc) is 2.99. The zero-order chi connectivity index (χ0) is 36.8. The largest absolute Gasteiger partial charge is 0.505 e. The van der Waals surface area contributed by atoms with Crippen LogP contribution in [-0.2, 0) is 30.4 Å². The first-order chi connectivity index (χ1) is 23.2. The first-order valence-corrected chi connectivity index (χ1v) is 17.3. The first-order valence-electron chi connectivity index (χ1n) is 13.0. The standard InChI is InChI=1S/C26H18FN7O13S3/c27-12-4-5-17(16(8-12)23(36)37)33-34-21-19(50(45,46)47)7-11-6-15(49(42,43)44)10-18(20(11)22(21)35)29-25-30-24(31-26(38)32-25)28-13-2-1-3-14(9-13)48(39,40)41/h1-10,35H,(H,36,37)(H,39,40,41)(H,42,43,44)(H,45,46,47)(H3,28,29,30,31,32,38). The molecule has 1 aromatic heterocycles. The summed E-state index contributed by atoms with van der Waals surface area (Å²) in [7, 11) is -15.0. The summed E-state index contributed by atoms with van der Waals surface area (Å²) in [6.45, 7) is 0. The van der Waals surface area contributed by atoms with Gasteiger partial charge < -0.3 is 26.0 Å². The summed E-state index contributed by atoms with van der Waals surface area (Å²) >= 11 is 0. The van der Waals surface area contributed by atoms with Crippen molar-refractivity contribution in [3.8, 4) is 11.8 Å². The van der Waals surface area contributed by atoms with Crippen LogP contribution in [0, 0.1) is 5.82 Å². The molecule has 5 aromatic rings. The molecule has 5 rings (SSSR count). The van der Waals surface area contributed by atoms with Gasteiger partial charge in [-0.25, -0.2) is 9.18 Å². The van der Waals surface area contributed by atoms with E-state index in [-0.39, 0.29) is 5.69 Å². The monoisotopic (exact) mass is 751 g/mol. The SMILES string of the molecule is O=C(O)c1cc(F)ccc1N=Nc1c(S(=O)(=O)O)cc2cc(S(=O)(=O)O)cc(Nc3nc(O)nc(Nc4cccc(S(=O)(=O)O)c4)n3)c2c1O. The van der Waals surface area contributed by atoms with Crippen molar-refractivity contribution in [2.24, 2.45) is 10.2 Å². The third kappa shape index (κ3) is 7.69. The molecule has 0 bridgehead atoms. The number of carbonyl (C=O) groups is 1. The number of carboxylic acid groups (broad SMARTS) is 1. The van der Waals surface area contributed by atoms with Gasteiger partial charge in [0.25, 0.3) is 30.4 Å². The molecule has 0 saturated heterocycles. The number of nitrogens with one attached hydrogen (secondary N) is 2. The number of aromatic carboxylic acids is 1. The molecular formula is C26H18FN7O13S3. The average molecular weight is 752 g/mol. The fourth-order valence-corrected chi connectivity index (χ4v) is 6.06. The molecule has 0 fully saturated rings. The molecule has 260 valence electrons. The number of anilines is 4. The maximum atomic E-state index is 13.7. The predicted octanol–water partition coefficient (Wildman–Crippen LogP) is 3.92. The molecular weight excluding hydrogens is 734 g/mol. The quantitative estimate of drug-likeness (QED) is 0.0740. The zero-order valence-corrected chi connectivity index (χ0v) is 26.6. The molecule has 0 spiro atoms. The van der Waals surface area contributed by atoms with Crippen molar-refractivity contribution in [1.82, 2.24) is 15.0 Å². The second-order valence-electron chi connectivity index (χ2n) is 9.79. The van der Waals surface area contributed by atoms with E-state index in [0.717, 1.165) is 30.3 Å². The molecule has 0 saturated carbocycles. The molecule has 8 N–H and O–H groups in total. The highest BCUT2D eigenvalue weighted by Crippen LogP contribution is 2.46. The first kappa shape index (κ1) is 35.4. The van der Waals surface area contributed by atoms with Crippen molar-refractivity contribution in [3.05, 3.63) is 72.0 Å². The van der Waals surface area contributed by atoms with E-state index in [1.807, 2.05) is 0 Å². The number of benzene rings is 4. The number of azo groups is 1. The highest BCUT2D eigenvalue weighted by molar-refractivity contribution is 7.86. The number of nitrogens with zero attached hydrogens (tertiary/aromatic N) is 5. The van der Waals surface area contributed by atoms with Crippen LogP contribution >= 0.6 is 0 Å². The molecule has 0 aliphatic heterocycles. The van der Waals surface area contributed by atoms with Gasteiger partial charge >= 0.3 is 12.0 Å². The summed E-state index contributed by atoms with van der Waals surface area (Å²) in [4.78, 5) is 20.2. The highest BCUT2D eigenvalue weighted by Gasteiger charge is 2.26. The van der Waals surface area contributed by atoms with Gasteiger partial charge in [-0.3, -0.25) is 13.7 Å². The Morgan fingerprint density at radius 1 is 0.740 bits per heavy atom. The molecule has 0 unspecified atom stereocenters. The van der Waals surface area contributed by atoms with Crippen LogP contribution in [0.25, 0.3) is 10.8 Å². The molecule has 50 heavy (non-hydrogen) atoms. The number of hydrogen-bond acceptors (Lipinski definition) is 16. The summed E-state index contributed by atoms with van der Waals surface area (Å²) in [5, 5.41) is 42.1. The number of aromatic nitrogens is 3. The van der Waals surface area contributed by atoms with Crippen molar-refractivity contribution in [2.45, 2.75) is 14.7 Å². The Hall–Kier alpha value is -5.92. The van der Waals surface area contributed by atoms with Crippen LogP contribution in [0.15, 0.2) is 85.6 Å². The fourth-order valence-electron chi connectivity index (χ4n) is 4.33. The van der Waals surface area contributed by atoms with Crippen LogP contribution in [0.4, 0.5) is 39.0 Å². The zero-order valence-electron chi connectivity index (χ0n) is 24.2. The summed E-state index contributed by atoms with van der Waals surface area (Å²) in [6, 6.07) is 7.98. The topological polar surface area (TPSA) is 328 Å². The molecule has 24 heteroatoms. The van der Waals surface area contributed by atoms with Crippen LogP contribution < -0.4 is 10.6 Å². The Morgan fingerprint density at radius 3 is 2.02 bits per heavy atom. The lowest BCUT2D eigenvalue weighted by Gasteiger charge is -2.15. The molecule has 0 aliphatic rings. The Kier molecular flexibility index (Phi) is 9.09. The number of phenols is 1. The number of halogens is 1.